The second-order valence-corrected chi connectivity index (χ2v) is 10.2. The maximum atomic E-state index is 13.6. The summed E-state index contributed by atoms with van der Waals surface area (Å²) < 4.78 is 13.2. The zero-order valence-corrected chi connectivity index (χ0v) is 22.4. The van der Waals surface area contributed by atoms with Gasteiger partial charge in [-0.2, -0.15) is 0 Å². The van der Waals surface area contributed by atoms with Crippen LogP contribution < -0.4 is 5.32 Å². The number of carbonyl (C=O) groups excluding carboxylic acids is 2. The van der Waals surface area contributed by atoms with Gasteiger partial charge in [0.15, 0.2) is 0 Å². The summed E-state index contributed by atoms with van der Waals surface area (Å²) in [5.41, 5.74) is 2.58. The Hall–Kier alpha value is -2.54. The van der Waals surface area contributed by atoms with Gasteiger partial charge in [0.1, 0.15) is 11.9 Å². The van der Waals surface area contributed by atoms with Crippen LogP contribution in [0.3, 0.4) is 0 Å². The number of carbonyl (C=O) groups is 2. The number of amides is 2. The van der Waals surface area contributed by atoms with Crippen LogP contribution in [0.2, 0.25) is 10.0 Å². The summed E-state index contributed by atoms with van der Waals surface area (Å²) in [6.07, 6.45) is 1.16. The van der Waals surface area contributed by atoms with Gasteiger partial charge in [0.2, 0.25) is 11.8 Å². The van der Waals surface area contributed by atoms with Crippen LogP contribution in [0.15, 0.2) is 72.8 Å². The second kappa shape index (κ2) is 14.3. The van der Waals surface area contributed by atoms with Gasteiger partial charge < -0.3 is 10.2 Å². The minimum absolute atomic E-state index is 0.162. The van der Waals surface area contributed by atoms with Gasteiger partial charge in [0, 0.05) is 35.3 Å². The highest BCUT2D eigenvalue weighted by atomic mass is 35.5. The van der Waals surface area contributed by atoms with Crippen molar-refractivity contribution < 1.29 is 14.0 Å². The Labute approximate surface area is 226 Å². The fraction of sp³-hybridized carbons (Fsp3) is 0.286. The van der Waals surface area contributed by atoms with Gasteiger partial charge in [0.05, 0.1) is 5.75 Å². The molecule has 190 valence electrons. The van der Waals surface area contributed by atoms with Gasteiger partial charge >= 0.3 is 0 Å². The molecule has 36 heavy (non-hydrogen) atoms. The highest BCUT2D eigenvalue weighted by Gasteiger charge is 2.30. The number of benzene rings is 3. The number of thioether (sulfide) groups is 1. The van der Waals surface area contributed by atoms with Gasteiger partial charge in [0.25, 0.3) is 0 Å². The molecule has 3 aromatic rings. The highest BCUT2D eigenvalue weighted by Crippen LogP contribution is 2.25. The minimum Gasteiger partial charge on any atom is -0.354 e. The zero-order valence-electron chi connectivity index (χ0n) is 20.1. The Bertz CT molecular complexity index is 1150. The Morgan fingerprint density at radius 1 is 1.00 bits per heavy atom. The number of rotatable bonds is 12. The van der Waals surface area contributed by atoms with Crippen molar-refractivity contribution in [1.82, 2.24) is 10.2 Å². The van der Waals surface area contributed by atoms with Crippen molar-refractivity contribution in [3.63, 3.8) is 0 Å². The molecule has 3 rings (SSSR count). The lowest BCUT2D eigenvalue weighted by Gasteiger charge is -2.32. The van der Waals surface area contributed by atoms with Gasteiger partial charge in [-0.1, -0.05) is 78.7 Å². The molecule has 0 unspecified atom stereocenters. The van der Waals surface area contributed by atoms with Gasteiger partial charge in [-0.05, 0) is 47.4 Å². The summed E-state index contributed by atoms with van der Waals surface area (Å²) in [7, 11) is 0. The van der Waals surface area contributed by atoms with Crippen molar-refractivity contribution in [3.05, 3.63) is 105 Å². The molecular formula is C28H29Cl2FN2O2S. The first-order valence-electron chi connectivity index (χ1n) is 11.7. The van der Waals surface area contributed by atoms with Crippen molar-refractivity contribution >= 4 is 46.8 Å². The van der Waals surface area contributed by atoms with E-state index in [2.05, 4.69) is 5.32 Å². The first-order chi connectivity index (χ1) is 17.4. The fourth-order valence-corrected chi connectivity index (χ4v) is 5.01. The van der Waals surface area contributed by atoms with E-state index in [0.717, 1.165) is 17.5 Å². The molecule has 3 aromatic carbocycles. The van der Waals surface area contributed by atoms with Gasteiger partial charge in [-0.15, -0.1) is 11.8 Å². The van der Waals surface area contributed by atoms with E-state index in [9.17, 15) is 14.0 Å². The number of nitrogens with zero attached hydrogens (tertiary/aromatic N) is 1. The van der Waals surface area contributed by atoms with Crippen molar-refractivity contribution in [1.29, 1.82) is 0 Å². The lowest BCUT2D eigenvalue weighted by atomic mass is 10.0. The zero-order chi connectivity index (χ0) is 25.9. The Balaban J connectivity index is 1.85. The van der Waals surface area contributed by atoms with Crippen molar-refractivity contribution in [3.8, 4) is 0 Å². The van der Waals surface area contributed by atoms with Crippen LogP contribution >= 0.6 is 35.0 Å². The molecule has 0 fully saturated rings. The molecule has 1 N–H and O–H groups in total. The summed E-state index contributed by atoms with van der Waals surface area (Å²) in [6.45, 7) is 2.67. The van der Waals surface area contributed by atoms with Crippen LogP contribution in [0.1, 0.15) is 30.0 Å². The Morgan fingerprint density at radius 3 is 2.39 bits per heavy atom. The molecule has 0 saturated heterocycles. The molecule has 0 radical (unpaired) electrons. The Kier molecular flexibility index (Phi) is 11.1. The first kappa shape index (κ1) is 28.0. The van der Waals surface area contributed by atoms with Gasteiger partial charge in [-0.3, -0.25) is 9.59 Å². The fourth-order valence-electron chi connectivity index (χ4n) is 3.67. The van der Waals surface area contributed by atoms with E-state index in [1.54, 1.807) is 35.2 Å². The largest absolute Gasteiger partial charge is 0.354 e. The third-order valence-corrected chi connectivity index (χ3v) is 7.16. The van der Waals surface area contributed by atoms with Crippen molar-refractivity contribution in [2.24, 2.45) is 0 Å². The molecule has 0 aliphatic rings. The predicted molar refractivity (Wildman–Crippen MR) is 147 cm³/mol. The second-order valence-electron chi connectivity index (χ2n) is 8.37. The molecule has 1 atom stereocenters. The van der Waals surface area contributed by atoms with Crippen LogP contribution in [0, 0.1) is 5.82 Å². The molecular weight excluding hydrogens is 518 g/mol. The number of hydrogen-bond acceptors (Lipinski definition) is 3. The van der Waals surface area contributed by atoms with Crippen LogP contribution in [0.5, 0.6) is 0 Å². The van der Waals surface area contributed by atoms with E-state index < -0.39 is 6.04 Å². The molecule has 0 aliphatic heterocycles. The molecule has 8 heteroatoms. The minimum atomic E-state index is -0.718. The number of hydrogen-bond donors (Lipinski definition) is 1. The SMILES string of the molecule is CCCNC(=O)[C@@H](Cc1ccccc1)N(Cc1ccc(Cl)cc1Cl)C(=O)CSCc1ccc(F)cc1. The summed E-state index contributed by atoms with van der Waals surface area (Å²) in [4.78, 5) is 28.5. The first-order valence-corrected chi connectivity index (χ1v) is 13.7. The van der Waals surface area contributed by atoms with Crippen molar-refractivity contribution in [2.45, 2.75) is 38.1 Å². The van der Waals surface area contributed by atoms with E-state index in [0.29, 0.717) is 34.3 Å². The highest BCUT2D eigenvalue weighted by molar-refractivity contribution is 7.99. The molecule has 0 bridgehead atoms. The van der Waals surface area contributed by atoms with E-state index in [4.69, 9.17) is 23.2 Å². The smallest absolute Gasteiger partial charge is 0.243 e. The number of halogens is 3. The molecule has 0 heterocycles. The number of nitrogens with one attached hydrogen (secondary N) is 1. The van der Waals surface area contributed by atoms with Crippen LogP contribution in [-0.2, 0) is 28.3 Å². The van der Waals surface area contributed by atoms with E-state index in [1.165, 1.54) is 23.9 Å². The maximum absolute atomic E-state index is 13.6. The maximum Gasteiger partial charge on any atom is 0.243 e. The molecule has 0 aromatic heterocycles. The predicted octanol–water partition coefficient (Wildman–Crippen LogP) is 6.53. The van der Waals surface area contributed by atoms with Crippen LogP contribution in [-0.4, -0.2) is 35.1 Å². The lowest BCUT2D eigenvalue weighted by Crippen LogP contribution is -2.51. The molecule has 0 spiro atoms. The average molecular weight is 548 g/mol. The monoisotopic (exact) mass is 546 g/mol. The summed E-state index contributed by atoms with van der Waals surface area (Å²) in [5, 5.41) is 3.89. The molecule has 0 saturated carbocycles. The quantitative estimate of drug-likeness (QED) is 0.281. The summed E-state index contributed by atoms with van der Waals surface area (Å²) in [6, 6.07) is 20.3. The van der Waals surface area contributed by atoms with E-state index >= 15 is 0 Å². The van der Waals surface area contributed by atoms with E-state index in [1.807, 2.05) is 37.3 Å². The van der Waals surface area contributed by atoms with Gasteiger partial charge in [-0.25, -0.2) is 4.39 Å². The molecule has 0 aliphatic carbocycles. The third kappa shape index (κ3) is 8.54. The molecule has 2 amide bonds. The van der Waals surface area contributed by atoms with Crippen LogP contribution in [0.25, 0.3) is 0 Å². The standard InChI is InChI=1S/C28H29Cl2FN2O2S/c1-2-14-32-28(35)26(15-20-6-4-3-5-7-20)33(17-22-10-11-23(29)16-25(22)30)27(34)19-36-18-21-8-12-24(31)13-9-21/h3-13,16,26H,2,14-15,17-19H2,1H3,(H,32,35)/t26-/m1/s1. The summed E-state index contributed by atoms with van der Waals surface area (Å²) >= 11 is 13.9. The molecule has 4 nitrogen and oxygen atoms in total. The third-order valence-electron chi connectivity index (χ3n) is 5.58. The van der Waals surface area contributed by atoms with Crippen molar-refractivity contribution in [2.75, 3.05) is 12.3 Å². The topological polar surface area (TPSA) is 49.4 Å². The summed E-state index contributed by atoms with van der Waals surface area (Å²) in [5.74, 6) is 0.0260. The normalized spacial score (nSPS) is 11.7. The van der Waals surface area contributed by atoms with Crippen LogP contribution in [0.4, 0.5) is 4.39 Å². The Morgan fingerprint density at radius 2 is 1.72 bits per heavy atom. The lowest BCUT2D eigenvalue weighted by molar-refractivity contribution is -0.139. The average Bonchev–Trinajstić information content (AvgIpc) is 2.87. The van der Waals surface area contributed by atoms with E-state index in [-0.39, 0.29) is 29.9 Å².